The van der Waals surface area contributed by atoms with Gasteiger partial charge in [0.15, 0.2) is 0 Å². The van der Waals surface area contributed by atoms with Gasteiger partial charge in [0.25, 0.3) is 10.2 Å². The summed E-state index contributed by atoms with van der Waals surface area (Å²) in [4.78, 5) is 0. The summed E-state index contributed by atoms with van der Waals surface area (Å²) in [5, 5.41) is 0. The van der Waals surface area contributed by atoms with E-state index in [9.17, 15) is 8.42 Å². The third-order valence-corrected chi connectivity index (χ3v) is 6.25. The molecule has 0 aliphatic carbocycles. The van der Waals surface area contributed by atoms with E-state index in [0.717, 1.165) is 24.0 Å². The monoisotopic (exact) mass is 330 g/mol. The van der Waals surface area contributed by atoms with Crippen molar-refractivity contribution in [1.29, 1.82) is 0 Å². The quantitative estimate of drug-likeness (QED) is 0.779. The molecular weight excluding hydrogens is 308 g/mol. The maximum atomic E-state index is 12.6. The predicted molar refractivity (Wildman–Crippen MR) is 86.6 cm³/mol. The molecule has 1 aromatic carbocycles. The van der Waals surface area contributed by atoms with Crippen molar-refractivity contribution in [3.8, 4) is 0 Å². The minimum atomic E-state index is -3.41. The third-order valence-electron chi connectivity index (χ3n) is 3.91. The molecule has 6 heteroatoms. The average molecular weight is 331 g/mol. The molecule has 2 rings (SSSR count). The van der Waals surface area contributed by atoms with E-state index in [2.05, 4.69) is 0 Å². The molecular formula is C15H23ClN2O2S. The molecule has 4 nitrogen and oxygen atoms in total. The first-order valence-electron chi connectivity index (χ1n) is 7.26. The summed E-state index contributed by atoms with van der Waals surface area (Å²) in [6.07, 6.45) is 1.89. The molecule has 1 fully saturated rings. The molecule has 118 valence electrons. The molecule has 0 saturated carbocycles. The first-order valence-corrected chi connectivity index (χ1v) is 9.19. The number of benzene rings is 1. The zero-order valence-electron chi connectivity index (χ0n) is 12.6. The summed E-state index contributed by atoms with van der Waals surface area (Å²) in [5.74, 6) is 0.788. The molecule has 0 bridgehead atoms. The lowest BCUT2D eigenvalue weighted by atomic mass is 10.0. The van der Waals surface area contributed by atoms with Crippen LogP contribution in [0.1, 0.15) is 24.0 Å². The lowest BCUT2D eigenvalue weighted by molar-refractivity contribution is 0.265. The van der Waals surface area contributed by atoms with Gasteiger partial charge in [0.05, 0.1) is 0 Å². The molecule has 0 spiro atoms. The van der Waals surface area contributed by atoms with E-state index >= 15 is 0 Å². The minimum Gasteiger partial charge on any atom is -0.195 e. The largest absolute Gasteiger partial charge is 0.282 e. The highest BCUT2D eigenvalue weighted by Gasteiger charge is 2.31. The Balaban J connectivity index is 2.07. The van der Waals surface area contributed by atoms with Gasteiger partial charge in [-0.1, -0.05) is 29.8 Å². The van der Waals surface area contributed by atoms with Crippen LogP contribution in [0.4, 0.5) is 0 Å². The highest BCUT2D eigenvalue weighted by molar-refractivity contribution is 7.86. The van der Waals surface area contributed by atoms with Gasteiger partial charge >= 0.3 is 0 Å². The molecule has 0 amide bonds. The van der Waals surface area contributed by atoms with Gasteiger partial charge in [-0.2, -0.15) is 17.0 Å². The first kappa shape index (κ1) is 16.7. The third kappa shape index (κ3) is 4.19. The Hall–Kier alpha value is -0.620. The molecule has 1 heterocycles. The fraction of sp³-hybridized carbons (Fsp3) is 0.600. The number of hydrogen-bond donors (Lipinski definition) is 0. The number of halogens is 1. The molecule has 1 atom stereocenters. The van der Waals surface area contributed by atoms with Gasteiger partial charge in [-0.25, -0.2) is 0 Å². The van der Waals surface area contributed by atoms with Crippen molar-refractivity contribution in [3.05, 3.63) is 35.4 Å². The molecule has 1 aliphatic rings. The zero-order chi connectivity index (χ0) is 15.5. The molecule has 0 N–H and O–H groups in total. The minimum absolute atomic E-state index is 0.266. The van der Waals surface area contributed by atoms with Crippen LogP contribution >= 0.6 is 11.6 Å². The Labute approximate surface area is 132 Å². The number of nitrogens with zero attached hydrogens (tertiary/aromatic N) is 2. The predicted octanol–water partition coefficient (Wildman–Crippen LogP) is 2.62. The molecule has 0 aromatic heterocycles. The Morgan fingerprint density at radius 1 is 1.43 bits per heavy atom. The Morgan fingerprint density at radius 2 is 2.19 bits per heavy atom. The van der Waals surface area contributed by atoms with Crippen LogP contribution in [-0.4, -0.2) is 43.0 Å². The Kier molecular flexibility index (Phi) is 5.66. The van der Waals surface area contributed by atoms with Crippen LogP contribution in [0.25, 0.3) is 0 Å². The van der Waals surface area contributed by atoms with Crippen molar-refractivity contribution >= 4 is 21.8 Å². The Bertz CT molecular complexity index is 577. The van der Waals surface area contributed by atoms with E-state index in [1.165, 1.54) is 4.31 Å². The van der Waals surface area contributed by atoms with Gasteiger partial charge in [-0.3, -0.25) is 0 Å². The fourth-order valence-corrected chi connectivity index (χ4v) is 4.43. The highest BCUT2D eigenvalue weighted by Crippen LogP contribution is 2.22. The first-order chi connectivity index (χ1) is 9.93. The summed E-state index contributed by atoms with van der Waals surface area (Å²) in [7, 11) is -1.77. The van der Waals surface area contributed by atoms with Gasteiger partial charge in [-0.05, 0) is 31.2 Å². The summed E-state index contributed by atoms with van der Waals surface area (Å²) in [6.45, 7) is 3.53. The molecule has 21 heavy (non-hydrogen) atoms. The van der Waals surface area contributed by atoms with Crippen molar-refractivity contribution in [2.75, 3.05) is 26.0 Å². The van der Waals surface area contributed by atoms with E-state index < -0.39 is 10.2 Å². The van der Waals surface area contributed by atoms with Crippen LogP contribution in [0.3, 0.4) is 0 Å². The van der Waals surface area contributed by atoms with Crippen molar-refractivity contribution in [1.82, 2.24) is 8.61 Å². The van der Waals surface area contributed by atoms with Gasteiger partial charge < -0.3 is 0 Å². The zero-order valence-corrected chi connectivity index (χ0v) is 14.2. The topological polar surface area (TPSA) is 40.6 Å². The Morgan fingerprint density at radius 3 is 2.86 bits per heavy atom. The number of hydrogen-bond acceptors (Lipinski definition) is 2. The molecule has 0 radical (unpaired) electrons. The summed E-state index contributed by atoms with van der Waals surface area (Å²) >= 11 is 5.89. The van der Waals surface area contributed by atoms with Gasteiger partial charge in [0.2, 0.25) is 0 Å². The van der Waals surface area contributed by atoms with Crippen molar-refractivity contribution in [3.63, 3.8) is 0 Å². The van der Waals surface area contributed by atoms with Gasteiger partial charge in [0, 0.05) is 32.6 Å². The van der Waals surface area contributed by atoms with Crippen LogP contribution in [0.2, 0.25) is 0 Å². The second kappa shape index (κ2) is 7.09. The molecule has 1 saturated heterocycles. The second-order valence-corrected chi connectivity index (χ2v) is 8.12. The lowest BCUT2D eigenvalue weighted by Crippen LogP contribution is -2.46. The van der Waals surface area contributed by atoms with Crippen molar-refractivity contribution < 1.29 is 8.42 Å². The number of rotatable bonds is 5. The smallest absolute Gasteiger partial charge is 0.195 e. The molecule has 1 unspecified atom stereocenters. The standard InChI is InChI=1S/C15H23ClN2O2S/c1-13-5-3-6-14(9-13)11-17(2)21(19,20)18-8-4-7-15(10-16)12-18/h3,5-6,9,15H,4,7-8,10-12H2,1-2H3. The van der Waals surface area contributed by atoms with E-state index in [0.29, 0.717) is 25.5 Å². The van der Waals surface area contributed by atoms with Crippen LogP contribution in [0.5, 0.6) is 0 Å². The van der Waals surface area contributed by atoms with Crippen molar-refractivity contribution in [2.45, 2.75) is 26.3 Å². The van der Waals surface area contributed by atoms with Gasteiger partial charge in [-0.15, -0.1) is 11.6 Å². The van der Waals surface area contributed by atoms with Crippen molar-refractivity contribution in [2.24, 2.45) is 5.92 Å². The SMILES string of the molecule is Cc1cccc(CN(C)S(=O)(=O)N2CCCC(CCl)C2)c1. The van der Waals surface area contributed by atoms with E-state index in [1.807, 2.05) is 31.2 Å². The van der Waals surface area contributed by atoms with E-state index in [1.54, 1.807) is 11.4 Å². The van der Waals surface area contributed by atoms with Crippen LogP contribution in [-0.2, 0) is 16.8 Å². The number of piperidine rings is 1. The van der Waals surface area contributed by atoms with Crippen LogP contribution in [0, 0.1) is 12.8 Å². The van der Waals surface area contributed by atoms with E-state index in [4.69, 9.17) is 11.6 Å². The fourth-order valence-electron chi connectivity index (χ4n) is 2.71. The number of alkyl halides is 1. The molecule has 1 aromatic rings. The average Bonchev–Trinajstić information content (AvgIpc) is 2.47. The van der Waals surface area contributed by atoms with Crippen LogP contribution < -0.4 is 0 Å². The lowest BCUT2D eigenvalue weighted by Gasteiger charge is -2.33. The van der Waals surface area contributed by atoms with Crippen LogP contribution in [0.15, 0.2) is 24.3 Å². The maximum absolute atomic E-state index is 12.6. The normalized spacial score (nSPS) is 20.9. The van der Waals surface area contributed by atoms with Gasteiger partial charge in [0.1, 0.15) is 0 Å². The maximum Gasteiger partial charge on any atom is 0.282 e. The summed E-state index contributed by atoms with van der Waals surface area (Å²) in [6, 6.07) is 7.93. The van der Waals surface area contributed by atoms with E-state index in [-0.39, 0.29) is 5.92 Å². The number of aryl methyl sites for hydroxylation is 1. The highest BCUT2D eigenvalue weighted by atomic mass is 35.5. The second-order valence-electron chi connectivity index (χ2n) is 5.77. The molecule has 1 aliphatic heterocycles. The summed E-state index contributed by atoms with van der Waals surface area (Å²) in [5.41, 5.74) is 2.14. The summed E-state index contributed by atoms with van der Waals surface area (Å²) < 4.78 is 28.3.